The lowest BCUT2D eigenvalue weighted by Gasteiger charge is -2.20. The molecule has 2 nitrogen and oxygen atoms in total. The van der Waals surface area contributed by atoms with Crippen molar-refractivity contribution in [3.8, 4) is 0 Å². The lowest BCUT2D eigenvalue weighted by molar-refractivity contribution is 0.358. The largest absolute Gasteiger partial charge is 0.306 e. The molecule has 19 heavy (non-hydrogen) atoms. The Morgan fingerprint density at radius 2 is 2.26 bits per heavy atom. The minimum atomic E-state index is 1.01. The molecule has 0 amide bonds. The summed E-state index contributed by atoms with van der Waals surface area (Å²) >= 11 is 1.77. The van der Waals surface area contributed by atoms with Crippen LogP contribution in [0.3, 0.4) is 0 Å². The highest BCUT2D eigenvalue weighted by Gasteiger charge is 2.16. The summed E-state index contributed by atoms with van der Waals surface area (Å²) in [5, 5.41) is 0. The molecule has 1 aliphatic rings. The van der Waals surface area contributed by atoms with Gasteiger partial charge in [0.2, 0.25) is 0 Å². The van der Waals surface area contributed by atoms with Crippen molar-refractivity contribution in [3.63, 3.8) is 0 Å². The smallest absolute Gasteiger partial charge is 0.0657 e. The number of thioether (sulfide) groups is 1. The second-order valence-corrected chi connectivity index (χ2v) is 5.30. The zero-order chi connectivity index (χ0) is 14.3. The van der Waals surface area contributed by atoms with Gasteiger partial charge in [0, 0.05) is 24.1 Å². The van der Waals surface area contributed by atoms with E-state index in [-0.39, 0.29) is 0 Å². The summed E-state index contributed by atoms with van der Waals surface area (Å²) in [5.41, 5.74) is 3.59. The first-order valence-corrected chi connectivity index (χ1v) is 7.84. The van der Waals surface area contributed by atoms with E-state index < -0.39 is 0 Å². The number of nitrogens with zero attached hydrogens (tertiary/aromatic N) is 2. The van der Waals surface area contributed by atoms with Crippen molar-refractivity contribution in [3.05, 3.63) is 46.9 Å². The van der Waals surface area contributed by atoms with E-state index in [4.69, 9.17) is 0 Å². The SMILES string of the molecule is C=C/C(CCN(C)CC)=C1/C(SC)=CC=CC1=NC. The Morgan fingerprint density at radius 1 is 1.53 bits per heavy atom. The molecule has 0 N–H and O–H groups in total. The van der Waals surface area contributed by atoms with Gasteiger partial charge >= 0.3 is 0 Å². The first-order valence-electron chi connectivity index (χ1n) is 6.61. The van der Waals surface area contributed by atoms with Crippen molar-refractivity contribution in [2.24, 2.45) is 4.99 Å². The molecule has 0 unspecified atom stereocenters. The summed E-state index contributed by atoms with van der Waals surface area (Å²) in [5.74, 6) is 0. The fourth-order valence-corrected chi connectivity index (χ4v) is 2.65. The molecule has 0 aliphatic heterocycles. The summed E-state index contributed by atoms with van der Waals surface area (Å²) in [6, 6.07) is 0. The van der Waals surface area contributed by atoms with E-state index in [1.165, 1.54) is 16.1 Å². The number of rotatable bonds is 6. The van der Waals surface area contributed by atoms with E-state index in [0.29, 0.717) is 0 Å². The van der Waals surface area contributed by atoms with Gasteiger partial charge in [-0.1, -0.05) is 25.7 Å². The van der Waals surface area contributed by atoms with Crippen LogP contribution in [0.5, 0.6) is 0 Å². The maximum atomic E-state index is 4.40. The highest BCUT2D eigenvalue weighted by molar-refractivity contribution is 8.02. The molecule has 0 radical (unpaired) electrons. The topological polar surface area (TPSA) is 15.6 Å². The average molecular weight is 276 g/mol. The van der Waals surface area contributed by atoms with E-state index in [1.54, 1.807) is 11.8 Å². The van der Waals surface area contributed by atoms with Crippen molar-refractivity contribution < 1.29 is 0 Å². The zero-order valence-electron chi connectivity index (χ0n) is 12.4. The molecule has 104 valence electrons. The summed E-state index contributed by atoms with van der Waals surface area (Å²) in [4.78, 5) is 7.99. The van der Waals surface area contributed by atoms with Gasteiger partial charge in [0.1, 0.15) is 0 Å². The Bertz CT molecular complexity index is 442. The predicted molar refractivity (Wildman–Crippen MR) is 89.1 cm³/mol. The van der Waals surface area contributed by atoms with Crippen LogP contribution in [0.15, 0.2) is 51.9 Å². The third-order valence-electron chi connectivity index (χ3n) is 3.34. The van der Waals surface area contributed by atoms with Crippen molar-refractivity contribution in [2.45, 2.75) is 13.3 Å². The van der Waals surface area contributed by atoms with Gasteiger partial charge in [0.05, 0.1) is 5.71 Å². The number of hydrogen-bond donors (Lipinski definition) is 0. The van der Waals surface area contributed by atoms with Crippen LogP contribution in [0.4, 0.5) is 0 Å². The number of aliphatic imine (C=N–C) groups is 1. The highest BCUT2D eigenvalue weighted by atomic mass is 32.2. The van der Waals surface area contributed by atoms with Crippen LogP contribution >= 0.6 is 11.8 Å². The molecule has 0 spiro atoms. The first kappa shape index (κ1) is 16.0. The van der Waals surface area contributed by atoms with E-state index in [0.717, 1.165) is 25.2 Å². The summed E-state index contributed by atoms with van der Waals surface area (Å²) < 4.78 is 0. The molecular formula is C16H24N2S. The quantitative estimate of drug-likeness (QED) is 0.735. The molecule has 0 aromatic rings. The average Bonchev–Trinajstić information content (AvgIpc) is 2.47. The van der Waals surface area contributed by atoms with Crippen LogP contribution in [-0.4, -0.2) is 44.1 Å². The van der Waals surface area contributed by atoms with Crippen molar-refractivity contribution in [1.29, 1.82) is 0 Å². The van der Waals surface area contributed by atoms with E-state index in [1.807, 2.05) is 13.1 Å². The monoisotopic (exact) mass is 276 g/mol. The Morgan fingerprint density at radius 3 is 2.79 bits per heavy atom. The Hall–Kier alpha value is -1.06. The van der Waals surface area contributed by atoms with Crippen molar-refractivity contribution in [1.82, 2.24) is 4.90 Å². The fourth-order valence-electron chi connectivity index (χ4n) is 2.00. The molecule has 0 heterocycles. The van der Waals surface area contributed by atoms with Crippen LogP contribution in [0.2, 0.25) is 0 Å². The van der Waals surface area contributed by atoms with Gasteiger partial charge in [-0.25, -0.2) is 0 Å². The molecule has 0 aromatic carbocycles. The summed E-state index contributed by atoms with van der Waals surface area (Å²) in [6.45, 7) is 8.28. The third-order valence-corrected chi connectivity index (χ3v) is 4.12. The van der Waals surface area contributed by atoms with E-state index >= 15 is 0 Å². The third kappa shape index (κ3) is 4.22. The highest BCUT2D eigenvalue weighted by Crippen LogP contribution is 2.30. The molecule has 3 heteroatoms. The zero-order valence-corrected chi connectivity index (χ0v) is 13.3. The van der Waals surface area contributed by atoms with Crippen LogP contribution in [0.1, 0.15) is 13.3 Å². The number of allylic oxidation sites excluding steroid dienone is 5. The Balaban J connectivity index is 3.08. The maximum Gasteiger partial charge on any atom is 0.0657 e. The predicted octanol–water partition coefficient (Wildman–Crippen LogP) is 3.70. The Labute approximate surface area is 121 Å². The van der Waals surface area contributed by atoms with Crippen LogP contribution in [0, 0.1) is 0 Å². The molecular weight excluding hydrogens is 252 g/mol. The normalized spacial score (nSPS) is 19.8. The molecule has 0 atom stereocenters. The van der Waals surface area contributed by atoms with E-state index in [2.05, 4.69) is 54.9 Å². The molecule has 1 aliphatic carbocycles. The van der Waals surface area contributed by atoms with Crippen LogP contribution in [-0.2, 0) is 0 Å². The molecule has 0 bridgehead atoms. The van der Waals surface area contributed by atoms with Crippen LogP contribution < -0.4 is 0 Å². The summed E-state index contributed by atoms with van der Waals surface area (Å²) in [7, 11) is 3.99. The van der Waals surface area contributed by atoms with Crippen molar-refractivity contribution in [2.75, 3.05) is 33.4 Å². The summed E-state index contributed by atoms with van der Waals surface area (Å²) in [6.07, 6.45) is 11.4. The second-order valence-electron chi connectivity index (χ2n) is 4.45. The Kier molecular flexibility index (Phi) is 6.89. The molecule has 0 fully saturated rings. The molecule has 0 saturated heterocycles. The van der Waals surface area contributed by atoms with Crippen LogP contribution in [0.25, 0.3) is 0 Å². The van der Waals surface area contributed by atoms with Gasteiger partial charge < -0.3 is 4.90 Å². The standard InChI is InChI=1S/C16H24N2S/c1-6-13(11-12-18(4)7-2)16-14(17-3)9-8-10-15(16)19-5/h6,8-10H,1,7,11-12H2,2-5H3/b16-13-,17-14?. The molecule has 0 aromatic heterocycles. The number of hydrogen-bond acceptors (Lipinski definition) is 3. The minimum Gasteiger partial charge on any atom is -0.306 e. The van der Waals surface area contributed by atoms with E-state index in [9.17, 15) is 0 Å². The molecule has 1 rings (SSSR count). The lowest BCUT2D eigenvalue weighted by atomic mass is 9.96. The van der Waals surface area contributed by atoms with Gasteiger partial charge in [0.25, 0.3) is 0 Å². The van der Waals surface area contributed by atoms with Gasteiger partial charge in [0.15, 0.2) is 0 Å². The molecule has 0 saturated carbocycles. The maximum absolute atomic E-state index is 4.40. The lowest BCUT2D eigenvalue weighted by Crippen LogP contribution is -2.20. The fraction of sp³-hybridized carbons (Fsp3) is 0.438. The van der Waals surface area contributed by atoms with Gasteiger partial charge in [-0.15, -0.1) is 11.8 Å². The van der Waals surface area contributed by atoms with Gasteiger partial charge in [-0.05, 0) is 44.0 Å². The van der Waals surface area contributed by atoms with Crippen molar-refractivity contribution >= 4 is 17.5 Å². The second kappa shape index (κ2) is 8.18. The minimum absolute atomic E-state index is 1.01. The first-order chi connectivity index (χ1) is 9.17. The van der Waals surface area contributed by atoms with Gasteiger partial charge in [-0.2, -0.15) is 0 Å². The van der Waals surface area contributed by atoms with Gasteiger partial charge in [-0.3, -0.25) is 4.99 Å².